The van der Waals surface area contributed by atoms with Crippen LogP contribution in [0.25, 0.3) is 0 Å². The predicted octanol–water partition coefficient (Wildman–Crippen LogP) is 4.31. The second-order valence-corrected chi connectivity index (χ2v) is 9.29. The summed E-state index contributed by atoms with van der Waals surface area (Å²) in [6.07, 6.45) is 0.240. The van der Waals surface area contributed by atoms with Gasteiger partial charge in [-0.25, -0.2) is 13.2 Å². The monoisotopic (exact) mass is 456 g/mol. The van der Waals surface area contributed by atoms with Crippen molar-refractivity contribution in [3.8, 4) is 0 Å². The summed E-state index contributed by atoms with van der Waals surface area (Å²) >= 11 is 1.31. The van der Waals surface area contributed by atoms with E-state index in [-0.39, 0.29) is 28.5 Å². The van der Waals surface area contributed by atoms with E-state index in [1.54, 1.807) is 36.4 Å². The Bertz CT molecular complexity index is 1170. The molecule has 3 aromatic carbocycles. The van der Waals surface area contributed by atoms with Crippen molar-refractivity contribution in [2.24, 2.45) is 0 Å². The number of para-hydroxylation sites is 1. The Labute approximate surface area is 184 Å². The van der Waals surface area contributed by atoms with Crippen LogP contribution in [0, 0.1) is 0 Å². The van der Waals surface area contributed by atoms with E-state index in [2.05, 4.69) is 10.0 Å². The molecule has 0 aromatic heterocycles. The average molecular weight is 457 g/mol. The third kappa shape index (κ3) is 6.34. The van der Waals surface area contributed by atoms with Gasteiger partial charge in [-0.1, -0.05) is 36.4 Å². The van der Waals surface area contributed by atoms with E-state index in [9.17, 15) is 23.1 Å². The molecule has 0 spiro atoms. The first-order chi connectivity index (χ1) is 14.8. The van der Waals surface area contributed by atoms with Crippen molar-refractivity contribution in [3.63, 3.8) is 0 Å². The molecule has 0 saturated carbocycles. The van der Waals surface area contributed by atoms with Crippen LogP contribution in [0.15, 0.2) is 88.7 Å². The lowest BCUT2D eigenvalue weighted by molar-refractivity contribution is -0.115. The maximum Gasteiger partial charge on any atom is 0.337 e. The van der Waals surface area contributed by atoms with Crippen molar-refractivity contribution < 1.29 is 23.1 Å². The fourth-order valence-electron chi connectivity index (χ4n) is 2.69. The predicted molar refractivity (Wildman–Crippen MR) is 121 cm³/mol. The summed E-state index contributed by atoms with van der Waals surface area (Å²) < 4.78 is 27.3. The molecule has 3 N–H and O–H groups in total. The molecule has 0 atom stereocenters. The molecule has 0 aliphatic heterocycles. The molecular formula is C22H20N2O5S2. The SMILES string of the molecule is O=C(CCSc1ccc(NS(=O)(=O)c2ccccc2)c(C(=O)O)c1)Nc1ccccc1. The van der Waals surface area contributed by atoms with Gasteiger partial charge in [0, 0.05) is 22.8 Å². The lowest BCUT2D eigenvalue weighted by Crippen LogP contribution is -2.15. The van der Waals surface area contributed by atoms with E-state index in [0.717, 1.165) is 0 Å². The number of amides is 1. The van der Waals surface area contributed by atoms with E-state index in [1.807, 2.05) is 18.2 Å². The summed E-state index contributed by atoms with van der Waals surface area (Å²) in [6.45, 7) is 0. The molecule has 0 fully saturated rings. The van der Waals surface area contributed by atoms with Gasteiger partial charge in [0.1, 0.15) is 0 Å². The summed E-state index contributed by atoms with van der Waals surface area (Å²) in [4.78, 5) is 24.4. The molecule has 0 aliphatic carbocycles. The Kier molecular flexibility index (Phi) is 7.32. The first-order valence-corrected chi connectivity index (χ1v) is 11.7. The number of carboxylic acids is 1. The Hall–Kier alpha value is -3.30. The fraction of sp³-hybridized carbons (Fsp3) is 0.0909. The van der Waals surface area contributed by atoms with Gasteiger partial charge in [0.2, 0.25) is 5.91 Å². The van der Waals surface area contributed by atoms with Gasteiger partial charge in [0.25, 0.3) is 10.0 Å². The number of nitrogens with one attached hydrogen (secondary N) is 2. The van der Waals surface area contributed by atoms with Gasteiger partial charge in [-0.2, -0.15) is 0 Å². The zero-order valence-electron chi connectivity index (χ0n) is 16.3. The van der Waals surface area contributed by atoms with Gasteiger partial charge >= 0.3 is 5.97 Å². The molecule has 0 radical (unpaired) electrons. The van der Waals surface area contributed by atoms with Crippen LogP contribution >= 0.6 is 11.8 Å². The molecule has 7 nitrogen and oxygen atoms in total. The first kappa shape index (κ1) is 22.4. The van der Waals surface area contributed by atoms with Crippen molar-refractivity contribution in [1.82, 2.24) is 0 Å². The summed E-state index contributed by atoms with van der Waals surface area (Å²) in [7, 11) is -3.91. The normalized spacial score (nSPS) is 11.0. The maximum atomic E-state index is 12.5. The molecule has 3 aromatic rings. The van der Waals surface area contributed by atoms with Gasteiger partial charge in [0.05, 0.1) is 16.1 Å². The molecule has 9 heteroatoms. The van der Waals surface area contributed by atoms with Crippen LogP contribution in [0.1, 0.15) is 16.8 Å². The largest absolute Gasteiger partial charge is 0.478 e. The molecule has 0 unspecified atom stereocenters. The number of hydrogen-bond donors (Lipinski definition) is 3. The van der Waals surface area contributed by atoms with Crippen molar-refractivity contribution in [2.75, 3.05) is 15.8 Å². The Morgan fingerprint density at radius 2 is 1.55 bits per heavy atom. The van der Waals surface area contributed by atoms with Gasteiger partial charge in [-0.15, -0.1) is 11.8 Å². The average Bonchev–Trinajstić information content (AvgIpc) is 2.75. The second kappa shape index (κ2) is 10.1. The number of anilines is 2. The van der Waals surface area contributed by atoms with Crippen LogP contribution in [-0.2, 0) is 14.8 Å². The Morgan fingerprint density at radius 1 is 0.903 bits per heavy atom. The Balaban J connectivity index is 1.65. The molecule has 31 heavy (non-hydrogen) atoms. The highest BCUT2D eigenvalue weighted by molar-refractivity contribution is 7.99. The van der Waals surface area contributed by atoms with Crippen molar-refractivity contribution in [3.05, 3.63) is 84.4 Å². The number of benzene rings is 3. The highest BCUT2D eigenvalue weighted by Gasteiger charge is 2.19. The highest BCUT2D eigenvalue weighted by Crippen LogP contribution is 2.27. The van der Waals surface area contributed by atoms with Crippen LogP contribution in [-0.4, -0.2) is 31.2 Å². The molecule has 0 saturated heterocycles. The molecule has 1 amide bonds. The molecule has 0 heterocycles. The topological polar surface area (TPSA) is 113 Å². The van der Waals surface area contributed by atoms with Gasteiger partial charge < -0.3 is 10.4 Å². The number of carbonyl (C=O) groups is 2. The van der Waals surface area contributed by atoms with Gasteiger partial charge in [0.15, 0.2) is 0 Å². The minimum atomic E-state index is -3.91. The van der Waals surface area contributed by atoms with E-state index in [4.69, 9.17) is 0 Å². The second-order valence-electron chi connectivity index (χ2n) is 6.44. The van der Waals surface area contributed by atoms with Crippen molar-refractivity contribution in [2.45, 2.75) is 16.2 Å². The standard InChI is InChI=1S/C22H20N2O5S2/c25-21(23-16-7-3-1-4-8-16)13-14-30-17-11-12-20(19(15-17)22(26)27)24-31(28,29)18-9-5-2-6-10-18/h1-12,15,24H,13-14H2,(H,23,25)(H,26,27). The van der Waals surface area contributed by atoms with E-state index in [0.29, 0.717) is 16.3 Å². The maximum absolute atomic E-state index is 12.5. The number of rotatable bonds is 9. The lowest BCUT2D eigenvalue weighted by Gasteiger charge is -2.12. The number of carboxylic acid groups (broad SMARTS) is 1. The molecule has 160 valence electrons. The van der Waals surface area contributed by atoms with Crippen LogP contribution < -0.4 is 10.0 Å². The number of sulfonamides is 1. The smallest absolute Gasteiger partial charge is 0.337 e. The number of thioether (sulfide) groups is 1. The number of aromatic carboxylic acids is 1. The van der Waals surface area contributed by atoms with Gasteiger partial charge in [-0.05, 0) is 42.5 Å². The lowest BCUT2D eigenvalue weighted by atomic mass is 10.2. The van der Waals surface area contributed by atoms with Crippen molar-refractivity contribution >= 4 is 45.0 Å². The fourth-order valence-corrected chi connectivity index (χ4v) is 4.68. The summed E-state index contributed by atoms with van der Waals surface area (Å²) in [5.74, 6) is -0.966. The number of carbonyl (C=O) groups excluding carboxylic acids is 1. The van der Waals surface area contributed by atoms with Crippen LogP contribution in [0.4, 0.5) is 11.4 Å². The van der Waals surface area contributed by atoms with Crippen molar-refractivity contribution in [1.29, 1.82) is 0 Å². The minimum Gasteiger partial charge on any atom is -0.478 e. The first-order valence-electron chi connectivity index (χ1n) is 9.28. The third-order valence-electron chi connectivity index (χ3n) is 4.17. The highest BCUT2D eigenvalue weighted by atomic mass is 32.2. The zero-order chi connectivity index (χ0) is 22.3. The summed E-state index contributed by atoms with van der Waals surface area (Å²) in [5, 5.41) is 12.3. The molecule has 3 rings (SSSR count). The van der Waals surface area contributed by atoms with E-state index < -0.39 is 16.0 Å². The van der Waals surface area contributed by atoms with Crippen LogP contribution in [0.2, 0.25) is 0 Å². The quantitative estimate of drug-likeness (QED) is 0.414. The number of hydrogen-bond acceptors (Lipinski definition) is 5. The van der Waals surface area contributed by atoms with Gasteiger partial charge in [-0.3, -0.25) is 9.52 Å². The molecule has 0 bridgehead atoms. The molecule has 0 aliphatic rings. The summed E-state index contributed by atoms with van der Waals surface area (Å²) in [5.41, 5.74) is 0.515. The third-order valence-corrected chi connectivity index (χ3v) is 6.55. The Morgan fingerprint density at radius 3 is 2.19 bits per heavy atom. The minimum absolute atomic E-state index is 0.0254. The van der Waals surface area contributed by atoms with Crippen LogP contribution in [0.3, 0.4) is 0 Å². The van der Waals surface area contributed by atoms with E-state index in [1.165, 1.54) is 36.0 Å². The molecular weight excluding hydrogens is 436 g/mol. The zero-order valence-corrected chi connectivity index (χ0v) is 17.9. The summed E-state index contributed by atoms with van der Waals surface area (Å²) in [6, 6.07) is 21.2. The van der Waals surface area contributed by atoms with Crippen LogP contribution in [0.5, 0.6) is 0 Å². The van der Waals surface area contributed by atoms with E-state index >= 15 is 0 Å².